The molecule has 1 spiro atoms. The number of nitrogens with zero attached hydrogens (tertiary/aromatic N) is 2. The minimum atomic E-state index is -1.50. The second kappa shape index (κ2) is 4.81. The fourth-order valence-electron chi connectivity index (χ4n) is 3.93. The zero-order valence-corrected chi connectivity index (χ0v) is 14.0. The van der Waals surface area contributed by atoms with Gasteiger partial charge in [0.25, 0.3) is 5.56 Å². The summed E-state index contributed by atoms with van der Waals surface area (Å²) in [6.07, 6.45) is -0.231. The minimum absolute atomic E-state index is 0.131. The Bertz CT molecular complexity index is 990. The summed E-state index contributed by atoms with van der Waals surface area (Å²) >= 11 is 0. The maximum atomic E-state index is 13.9. The fraction of sp³-hybridized carbons (Fsp3) is 0.353. The molecule has 130 valence electrons. The molecule has 2 aliphatic heterocycles. The summed E-state index contributed by atoms with van der Waals surface area (Å²) in [4.78, 5) is 39.7. The van der Waals surface area contributed by atoms with Crippen molar-refractivity contribution in [1.82, 2.24) is 9.78 Å². The van der Waals surface area contributed by atoms with Crippen LogP contribution in [0.1, 0.15) is 37.4 Å². The third-order valence-electron chi connectivity index (χ3n) is 5.00. The largest absolute Gasteiger partial charge is 0.314 e. The van der Waals surface area contributed by atoms with E-state index in [9.17, 15) is 18.8 Å². The molecule has 0 radical (unpaired) electrons. The number of hydrogen-bond acceptors (Lipinski definition) is 3. The van der Waals surface area contributed by atoms with Gasteiger partial charge in [-0.25, -0.2) is 4.39 Å². The number of carbonyl (C=O) groups is 2. The number of anilines is 2. The topological polar surface area (TPSA) is 87.2 Å². The number of rotatable bonds is 1. The maximum absolute atomic E-state index is 13.9. The molecule has 4 rings (SSSR count). The van der Waals surface area contributed by atoms with Gasteiger partial charge < -0.3 is 10.2 Å². The Labute approximate surface area is 142 Å². The number of H-pyrrole nitrogens is 1. The Morgan fingerprint density at radius 3 is 2.64 bits per heavy atom. The number of benzene rings is 1. The van der Waals surface area contributed by atoms with Crippen LogP contribution < -0.4 is 15.8 Å². The van der Waals surface area contributed by atoms with Crippen LogP contribution in [-0.2, 0) is 15.0 Å². The zero-order chi connectivity index (χ0) is 18.1. The molecule has 1 unspecified atom stereocenters. The first-order valence-corrected chi connectivity index (χ1v) is 8.00. The van der Waals surface area contributed by atoms with E-state index in [0.717, 1.165) is 0 Å². The van der Waals surface area contributed by atoms with E-state index in [1.165, 1.54) is 27.8 Å². The summed E-state index contributed by atoms with van der Waals surface area (Å²) in [5.41, 5.74) is -0.936. The molecular weight excluding hydrogens is 327 g/mol. The van der Waals surface area contributed by atoms with Crippen molar-refractivity contribution in [2.75, 3.05) is 17.3 Å². The summed E-state index contributed by atoms with van der Waals surface area (Å²) in [5, 5.41) is 5.38. The molecule has 1 aromatic heterocycles. The van der Waals surface area contributed by atoms with E-state index in [-0.39, 0.29) is 29.8 Å². The number of nitrogens with one attached hydrogen (secondary N) is 2. The van der Waals surface area contributed by atoms with Gasteiger partial charge in [-0.2, -0.15) is 0 Å². The number of amides is 2. The van der Waals surface area contributed by atoms with Gasteiger partial charge in [0, 0.05) is 18.8 Å². The van der Waals surface area contributed by atoms with Crippen LogP contribution in [-0.4, -0.2) is 28.6 Å². The third kappa shape index (κ3) is 1.82. The SMILES string of the molecule is CC(C)n1[nH]c(=O)c2c1NC(=O)CC21C(=O)N(C)c2ccc(F)cc21. The molecule has 0 saturated carbocycles. The maximum Gasteiger partial charge on any atom is 0.270 e. The van der Waals surface area contributed by atoms with E-state index >= 15 is 0 Å². The average Bonchev–Trinajstić information content (AvgIpc) is 2.97. The van der Waals surface area contributed by atoms with Crippen LogP contribution in [0, 0.1) is 5.82 Å². The Balaban J connectivity index is 2.12. The number of halogens is 1. The molecule has 8 heteroatoms. The molecule has 3 heterocycles. The molecule has 0 saturated heterocycles. The average molecular weight is 344 g/mol. The van der Waals surface area contributed by atoms with E-state index in [2.05, 4.69) is 10.4 Å². The second-order valence-electron chi connectivity index (χ2n) is 6.78. The lowest BCUT2D eigenvalue weighted by molar-refractivity contribution is -0.126. The van der Waals surface area contributed by atoms with Gasteiger partial charge in [0.1, 0.15) is 17.1 Å². The van der Waals surface area contributed by atoms with Crippen molar-refractivity contribution in [1.29, 1.82) is 0 Å². The highest BCUT2D eigenvalue weighted by molar-refractivity contribution is 6.15. The number of carbonyl (C=O) groups excluding carboxylic acids is 2. The second-order valence-corrected chi connectivity index (χ2v) is 6.78. The fourth-order valence-corrected chi connectivity index (χ4v) is 3.93. The predicted octanol–water partition coefficient (Wildman–Crippen LogP) is 1.50. The minimum Gasteiger partial charge on any atom is -0.314 e. The molecule has 1 aromatic carbocycles. The number of fused-ring (bicyclic) bond motifs is 4. The molecule has 1 atom stereocenters. The van der Waals surface area contributed by atoms with Gasteiger partial charge in [0.05, 0.1) is 12.0 Å². The Kier molecular flexibility index (Phi) is 3.00. The van der Waals surface area contributed by atoms with Crippen LogP contribution in [0.25, 0.3) is 0 Å². The van der Waals surface area contributed by atoms with Gasteiger partial charge in [-0.1, -0.05) is 0 Å². The number of likely N-dealkylation sites (N-methyl/N-ethyl adjacent to an activating group) is 1. The van der Waals surface area contributed by atoms with Crippen LogP contribution in [0.3, 0.4) is 0 Å². The highest BCUT2D eigenvalue weighted by Gasteiger charge is 2.57. The molecule has 2 aromatic rings. The number of hydrogen-bond donors (Lipinski definition) is 2. The van der Waals surface area contributed by atoms with Crippen molar-refractivity contribution in [2.45, 2.75) is 31.7 Å². The Hall–Kier alpha value is -2.90. The van der Waals surface area contributed by atoms with Crippen LogP contribution in [0.2, 0.25) is 0 Å². The van der Waals surface area contributed by atoms with Gasteiger partial charge in [0.15, 0.2) is 0 Å². The first-order chi connectivity index (χ1) is 11.8. The molecule has 2 N–H and O–H groups in total. The van der Waals surface area contributed by atoms with E-state index in [4.69, 9.17) is 0 Å². The highest BCUT2D eigenvalue weighted by atomic mass is 19.1. The summed E-state index contributed by atoms with van der Waals surface area (Å²) < 4.78 is 15.5. The summed E-state index contributed by atoms with van der Waals surface area (Å²) in [6.45, 7) is 3.69. The first kappa shape index (κ1) is 15.6. The van der Waals surface area contributed by atoms with E-state index in [0.29, 0.717) is 11.3 Å². The van der Waals surface area contributed by atoms with Gasteiger partial charge in [-0.3, -0.25) is 24.2 Å². The molecular formula is C17H17FN4O3. The third-order valence-corrected chi connectivity index (χ3v) is 5.00. The normalized spacial score (nSPS) is 21.7. The zero-order valence-electron chi connectivity index (χ0n) is 14.0. The smallest absolute Gasteiger partial charge is 0.270 e. The lowest BCUT2D eigenvalue weighted by Crippen LogP contribution is -2.47. The molecule has 0 fully saturated rings. The predicted molar refractivity (Wildman–Crippen MR) is 89.3 cm³/mol. The quantitative estimate of drug-likeness (QED) is 0.822. The van der Waals surface area contributed by atoms with Gasteiger partial charge >= 0.3 is 0 Å². The van der Waals surface area contributed by atoms with Crippen LogP contribution in [0.4, 0.5) is 15.9 Å². The monoisotopic (exact) mass is 344 g/mol. The summed E-state index contributed by atoms with van der Waals surface area (Å²) in [5.74, 6) is -1.04. The summed E-state index contributed by atoms with van der Waals surface area (Å²) in [6, 6.07) is 3.87. The van der Waals surface area contributed by atoms with Gasteiger partial charge in [-0.05, 0) is 37.6 Å². The molecule has 0 aliphatic carbocycles. The van der Waals surface area contributed by atoms with Gasteiger partial charge in [-0.15, -0.1) is 0 Å². The van der Waals surface area contributed by atoms with Crippen LogP contribution in [0.5, 0.6) is 0 Å². The van der Waals surface area contributed by atoms with E-state index in [1.807, 2.05) is 13.8 Å². The van der Waals surface area contributed by atoms with Gasteiger partial charge in [0.2, 0.25) is 11.8 Å². The van der Waals surface area contributed by atoms with Crippen molar-refractivity contribution in [2.24, 2.45) is 0 Å². The molecule has 2 aliphatic rings. The Morgan fingerprint density at radius 2 is 1.96 bits per heavy atom. The lowest BCUT2D eigenvalue weighted by atomic mass is 9.71. The van der Waals surface area contributed by atoms with Crippen molar-refractivity contribution in [3.63, 3.8) is 0 Å². The standard InChI is InChI=1S/C17H17FN4O3/c1-8(2)22-14-13(15(24)20-22)17(7-12(23)19-14)10-6-9(18)4-5-11(10)21(3)16(17)25/h4-6,8H,7H2,1-3H3,(H,19,23)(H,20,24). The first-order valence-electron chi connectivity index (χ1n) is 8.00. The Morgan fingerprint density at radius 1 is 1.24 bits per heavy atom. The van der Waals surface area contributed by atoms with E-state index < -0.39 is 22.7 Å². The van der Waals surface area contributed by atoms with Crippen molar-refractivity contribution >= 4 is 23.3 Å². The molecule has 7 nitrogen and oxygen atoms in total. The van der Waals surface area contributed by atoms with Crippen molar-refractivity contribution < 1.29 is 14.0 Å². The highest BCUT2D eigenvalue weighted by Crippen LogP contribution is 2.50. The lowest BCUT2D eigenvalue weighted by Gasteiger charge is -2.32. The van der Waals surface area contributed by atoms with E-state index in [1.54, 1.807) is 7.05 Å². The van der Waals surface area contributed by atoms with Crippen LogP contribution >= 0.6 is 0 Å². The van der Waals surface area contributed by atoms with Crippen LogP contribution in [0.15, 0.2) is 23.0 Å². The molecule has 25 heavy (non-hydrogen) atoms. The molecule has 0 bridgehead atoms. The van der Waals surface area contributed by atoms with Crippen molar-refractivity contribution in [3.05, 3.63) is 45.5 Å². The summed E-state index contributed by atoms with van der Waals surface area (Å²) in [7, 11) is 1.56. The number of aromatic nitrogens is 2. The molecule has 2 amide bonds. The number of aromatic amines is 1. The van der Waals surface area contributed by atoms with Crippen molar-refractivity contribution in [3.8, 4) is 0 Å².